The van der Waals surface area contributed by atoms with Crippen molar-refractivity contribution in [2.24, 2.45) is 0 Å². The molecule has 2 amide bonds. The lowest BCUT2D eigenvalue weighted by atomic mass is 9.96. The second-order valence-corrected chi connectivity index (χ2v) is 5.44. The summed E-state index contributed by atoms with van der Waals surface area (Å²) >= 11 is 5.97. The number of halogens is 2. The molecule has 4 nitrogen and oxygen atoms in total. The van der Waals surface area contributed by atoms with E-state index in [1.807, 2.05) is 0 Å². The first-order chi connectivity index (χ1) is 8.75. The van der Waals surface area contributed by atoms with Crippen molar-refractivity contribution >= 4 is 29.1 Å². The number of amides is 2. The average Bonchev–Trinajstić information content (AvgIpc) is 2.30. The summed E-state index contributed by atoms with van der Waals surface area (Å²) in [7, 11) is 0. The minimum atomic E-state index is -1.09. The maximum Gasteiger partial charge on any atom is 0.253 e. The van der Waals surface area contributed by atoms with Gasteiger partial charge in [-0.15, -0.1) is 0 Å². The molecule has 0 saturated carbocycles. The average molecular weight is 285 g/mol. The van der Waals surface area contributed by atoms with Crippen LogP contribution >= 0.6 is 11.6 Å². The highest BCUT2D eigenvalue weighted by Crippen LogP contribution is 2.33. The number of rotatable bonds is 1. The summed E-state index contributed by atoms with van der Waals surface area (Å²) in [6.07, 6.45) is 0. The largest absolute Gasteiger partial charge is 0.340 e. The quantitative estimate of drug-likeness (QED) is 0.859. The fraction of sp³-hybridized carbons (Fsp3) is 0.385. The molecule has 1 aromatic carbocycles. The van der Waals surface area contributed by atoms with Gasteiger partial charge in [0.15, 0.2) is 0 Å². The first-order valence-electron chi connectivity index (χ1n) is 5.85. The van der Waals surface area contributed by atoms with E-state index >= 15 is 0 Å². The van der Waals surface area contributed by atoms with Gasteiger partial charge in [-0.3, -0.25) is 14.5 Å². The van der Waals surface area contributed by atoms with Crippen molar-refractivity contribution in [3.63, 3.8) is 0 Å². The molecule has 1 heterocycles. The van der Waals surface area contributed by atoms with Crippen molar-refractivity contribution in [1.82, 2.24) is 5.32 Å². The van der Waals surface area contributed by atoms with Crippen LogP contribution in [-0.4, -0.2) is 23.4 Å². The molecule has 102 valence electrons. The Morgan fingerprint density at radius 1 is 1.37 bits per heavy atom. The monoisotopic (exact) mass is 284 g/mol. The molecule has 0 aliphatic carbocycles. The van der Waals surface area contributed by atoms with Gasteiger partial charge in [-0.1, -0.05) is 17.7 Å². The predicted molar refractivity (Wildman–Crippen MR) is 70.6 cm³/mol. The predicted octanol–water partition coefficient (Wildman–Crippen LogP) is 2.11. The van der Waals surface area contributed by atoms with E-state index in [1.165, 1.54) is 25.1 Å². The van der Waals surface area contributed by atoms with Gasteiger partial charge >= 0.3 is 0 Å². The van der Waals surface area contributed by atoms with Crippen molar-refractivity contribution in [2.45, 2.75) is 32.4 Å². The summed E-state index contributed by atoms with van der Waals surface area (Å²) in [6, 6.07) is 3.33. The number of nitrogens with one attached hydrogen (secondary N) is 1. The van der Waals surface area contributed by atoms with Gasteiger partial charge < -0.3 is 5.32 Å². The Morgan fingerprint density at radius 3 is 2.58 bits per heavy atom. The van der Waals surface area contributed by atoms with Gasteiger partial charge in [0.2, 0.25) is 5.91 Å². The highest BCUT2D eigenvalue weighted by molar-refractivity contribution is 6.34. The van der Waals surface area contributed by atoms with Crippen LogP contribution in [0.3, 0.4) is 0 Å². The highest BCUT2D eigenvalue weighted by Gasteiger charge is 2.45. The van der Waals surface area contributed by atoms with Crippen molar-refractivity contribution in [1.29, 1.82) is 0 Å². The lowest BCUT2D eigenvalue weighted by Gasteiger charge is -2.41. The van der Waals surface area contributed by atoms with Crippen LogP contribution in [-0.2, 0) is 9.59 Å². The van der Waals surface area contributed by atoms with Crippen molar-refractivity contribution < 1.29 is 14.0 Å². The molecule has 1 fully saturated rings. The number of carbonyl (C=O) groups excluding carboxylic acids is 2. The molecule has 0 spiro atoms. The standard InChI is InChI=1S/C13H14ClFN2O2/c1-7-11(18)16-13(2,3)12(19)17(7)10-8(14)5-4-6-9(10)15/h4-7H,1-3H3,(H,16,18). The van der Waals surface area contributed by atoms with Crippen molar-refractivity contribution in [3.05, 3.63) is 29.0 Å². The van der Waals surface area contributed by atoms with E-state index in [1.54, 1.807) is 13.8 Å². The zero-order valence-electron chi connectivity index (χ0n) is 10.8. The maximum atomic E-state index is 14.0. The fourth-order valence-electron chi connectivity index (χ4n) is 2.07. The molecule has 0 aromatic heterocycles. The van der Waals surface area contributed by atoms with Gasteiger partial charge in [-0.05, 0) is 32.9 Å². The van der Waals surface area contributed by atoms with Crippen LogP contribution in [0.1, 0.15) is 20.8 Å². The summed E-state index contributed by atoms with van der Waals surface area (Å²) in [4.78, 5) is 25.4. The molecule has 6 heteroatoms. The number of para-hydroxylation sites is 1. The molecule has 1 aliphatic heterocycles. The lowest BCUT2D eigenvalue weighted by molar-refractivity contribution is -0.136. The van der Waals surface area contributed by atoms with Crippen LogP contribution in [0.5, 0.6) is 0 Å². The Morgan fingerprint density at radius 2 is 2.00 bits per heavy atom. The highest BCUT2D eigenvalue weighted by atomic mass is 35.5. The van der Waals surface area contributed by atoms with E-state index in [-0.39, 0.29) is 16.6 Å². The third-order valence-electron chi connectivity index (χ3n) is 3.13. The molecule has 0 radical (unpaired) electrons. The number of benzene rings is 1. The van der Waals surface area contributed by atoms with Crippen LogP contribution in [0.2, 0.25) is 5.02 Å². The zero-order valence-corrected chi connectivity index (χ0v) is 11.6. The van der Waals surface area contributed by atoms with E-state index in [0.717, 1.165) is 4.90 Å². The Kier molecular flexibility index (Phi) is 3.26. The summed E-state index contributed by atoms with van der Waals surface area (Å²) in [5.41, 5.74) is -1.14. The smallest absolute Gasteiger partial charge is 0.253 e. The van der Waals surface area contributed by atoms with Gasteiger partial charge in [-0.25, -0.2) is 4.39 Å². The molecular formula is C13H14ClFN2O2. The zero-order chi connectivity index (χ0) is 14.4. The number of carbonyl (C=O) groups is 2. The molecule has 1 aromatic rings. The number of piperazine rings is 1. The van der Waals surface area contributed by atoms with E-state index in [0.29, 0.717) is 0 Å². The van der Waals surface area contributed by atoms with Gasteiger partial charge in [-0.2, -0.15) is 0 Å². The van der Waals surface area contributed by atoms with E-state index in [9.17, 15) is 14.0 Å². The summed E-state index contributed by atoms with van der Waals surface area (Å²) < 4.78 is 14.0. The number of hydrogen-bond donors (Lipinski definition) is 1. The Labute approximate surface area is 115 Å². The Bertz CT molecular complexity index is 539. The van der Waals surface area contributed by atoms with Gasteiger partial charge in [0.1, 0.15) is 17.4 Å². The Hall–Kier alpha value is -1.62. The van der Waals surface area contributed by atoms with Gasteiger partial charge in [0, 0.05) is 0 Å². The SMILES string of the molecule is CC1C(=O)NC(C)(C)C(=O)N1c1c(F)cccc1Cl. The first-order valence-corrected chi connectivity index (χ1v) is 6.23. The van der Waals surface area contributed by atoms with Crippen LogP contribution in [0.4, 0.5) is 10.1 Å². The maximum absolute atomic E-state index is 14.0. The van der Waals surface area contributed by atoms with Crippen LogP contribution < -0.4 is 10.2 Å². The van der Waals surface area contributed by atoms with Crippen LogP contribution in [0, 0.1) is 5.82 Å². The molecule has 1 N–H and O–H groups in total. The lowest BCUT2D eigenvalue weighted by Crippen LogP contribution is -2.67. The molecule has 2 rings (SSSR count). The number of anilines is 1. The van der Waals surface area contributed by atoms with Crippen LogP contribution in [0.25, 0.3) is 0 Å². The summed E-state index contributed by atoms with van der Waals surface area (Å²) in [5.74, 6) is -1.37. The normalized spacial score (nSPS) is 22.4. The molecule has 1 unspecified atom stereocenters. The first kappa shape index (κ1) is 13.8. The van der Waals surface area contributed by atoms with Gasteiger partial charge in [0.25, 0.3) is 5.91 Å². The third kappa shape index (κ3) is 2.18. The number of hydrogen-bond acceptors (Lipinski definition) is 2. The fourth-order valence-corrected chi connectivity index (χ4v) is 2.33. The second kappa shape index (κ2) is 4.49. The van der Waals surface area contributed by atoms with E-state index < -0.39 is 23.3 Å². The third-order valence-corrected chi connectivity index (χ3v) is 3.44. The Balaban J connectivity index is 2.58. The van der Waals surface area contributed by atoms with Crippen molar-refractivity contribution in [2.75, 3.05) is 4.90 Å². The summed E-state index contributed by atoms with van der Waals surface area (Å²) in [5, 5.41) is 2.70. The topological polar surface area (TPSA) is 49.4 Å². The molecule has 1 aliphatic rings. The molecule has 0 bridgehead atoms. The molecule has 19 heavy (non-hydrogen) atoms. The molecular weight excluding hydrogens is 271 g/mol. The van der Waals surface area contributed by atoms with E-state index in [4.69, 9.17) is 11.6 Å². The van der Waals surface area contributed by atoms with Crippen LogP contribution in [0.15, 0.2) is 18.2 Å². The molecule has 1 atom stereocenters. The van der Waals surface area contributed by atoms with Crippen molar-refractivity contribution in [3.8, 4) is 0 Å². The minimum Gasteiger partial charge on any atom is -0.340 e. The minimum absolute atomic E-state index is 0.0513. The molecule has 1 saturated heterocycles. The van der Waals surface area contributed by atoms with Gasteiger partial charge in [0.05, 0.1) is 10.7 Å². The number of nitrogens with zero attached hydrogens (tertiary/aromatic N) is 1. The summed E-state index contributed by atoms with van der Waals surface area (Å²) in [6.45, 7) is 4.67. The van der Waals surface area contributed by atoms with E-state index in [2.05, 4.69) is 5.32 Å². The second-order valence-electron chi connectivity index (χ2n) is 5.04.